The molecule has 0 heterocycles. The standard InChI is InChI=1S/C23H44O2.C4H6O2/c24-23(25)21-17-12-10-8-6-4-2-1-3-5-7-9-11-14-18-22-19-15-13-16-20-22;1-3-6-4(2)5/h22H,1-21H2,(H,24,25);3H,1H2,2H3. The SMILES string of the molecule is C=COC(C)=O.O=C(O)CCCCCCCCCCCCCCCCC1CCCCC1. The maximum Gasteiger partial charge on any atom is 0.307 e. The summed E-state index contributed by atoms with van der Waals surface area (Å²) in [6.07, 6.45) is 29.2. The van der Waals surface area contributed by atoms with Crippen molar-refractivity contribution in [3.8, 4) is 0 Å². The van der Waals surface area contributed by atoms with E-state index in [9.17, 15) is 9.59 Å². The summed E-state index contributed by atoms with van der Waals surface area (Å²) in [7, 11) is 0. The number of aliphatic carboxylic acids is 1. The highest BCUT2D eigenvalue weighted by Crippen LogP contribution is 2.28. The van der Waals surface area contributed by atoms with Crippen molar-refractivity contribution >= 4 is 11.9 Å². The summed E-state index contributed by atoms with van der Waals surface area (Å²) in [5.41, 5.74) is 0. The van der Waals surface area contributed by atoms with E-state index < -0.39 is 5.97 Å². The Hall–Kier alpha value is -1.32. The molecule has 182 valence electrons. The van der Waals surface area contributed by atoms with Gasteiger partial charge in [-0.3, -0.25) is 9.59 Å². The van der Waals surface area contributed by atoms with E-state index in [-0.39, 0.29) is 5.97 Å². The lowest BCUT2D eigenvalue weighted by atomic mass is 9.85. The highest BCUT2D eigenvalue weighted by Gasteiger charge is 2.12. The Balaban J connectivity index is 0.00000131. The molecule has 0 aromatic carbocycles. The van der Waals surface area contributed by atoms with E-state index in [0.29, 0.717) is 6.42 Å². The summed E-state index contributed by atoms with van der Waals surface area (Å²) in [4.78, 5) is 20.1. The van der Waals surface area contributed by atoms with Crippen LogP contribution in [-0.2, 0) is 14.3 Å². The molecule has 4 heteroatoms. The normalized spacial score (nSPS) is 13.8. The minimum absolute atomic E-state index is 0.329. The lowest BCUT2D eigenvalue weighted by Gasteiger charge is -2.21. The van der Waals surface area contributed by atoms with Crippen LogP contribution < -0.4 is 0 Å². The molecular formula is C27H50O4. The van der Waals surface area contributed by atoms with Crippen molar-refractivity contribution in [1.29, 1.82) is 0 Å². The van der Waals surface area contributed by atoms with Crippen molar-refractivity contribution in [2.75, 3.05) is 0 Å². The van der Waals surface area contributed by atoms with Crippen LogP contribution in [0, 0.1) is 5.92 Å². The fourth-order valence-corrected chi connectivity index (χ4v) is 4.42. The van der Waals surface area contributed by atoms with Gasteiger partial charge in [0.2, 0.25) is 0 Å². The van der Waals surface area contributed by atoms with Crippen LogP contribution in [0.1, 0.15) is 142 Å². The van der Waals surface area contributed by atoms with E-state index in [1.807, 2.05) is 0 Å². The molecule has 1 rings (SSSR count). The molecule has 0 spiro atoms. The second-order valence-electron chi connectivity index (χ2n) is 9.16. The lowest BCUT2D eigenvalue weighted by Crippen LogP contribution is -2.05. The van der Waals surface area contributed by atoms with Gasteiger partial charge in [0, 0.05) is 13.3 Å². The van der Waals surface area contributed by atoms with Crippen molar-refractivity contribution in [3.63, 3.8) is 0 Å². The largest absolute Gasteiger partial charge is 0.481 e. The summed E-state index contributed by atoms with van der Waals surface area (Å²) in [5, 5.41) is 8.57. The van der Waals surface area contributed by atoms with Gasteiger partial charge in [-0.05, 0) is 12.3 Å². The Morgan fingerprint density at radius 1 is 0.774 bits per heavy atom. The number of carbonyl (C=O) groups is 2. The molecule has 1 saturated carbocycles. The zero-order valence-electron chi connectivity index (χ0n) is 20.4. The van der Waals surface area contributed by atoms with Crippen molar-refractivity contribution in [2.24, 2.45) is 5.92 Å². The molecule has 4 nitrogen and oxygen atoms in total. The van der Waals surface area contributed by atoms with Gasteiger partial charge in [0.1, 0.15) is 0 Å². The second-order valence-corrected chi connectivity index (χ2v) is 9.16. The van der Waals surface area contributed by atoms with Gasteiger partial charge in [-0.1, -0.05) is 129 Å². The monoisotopic (exact) mass is 438 g/mol. The molecule has 0 unspecified atom stereocenters. The third kappa shape index (κ3) is 24.8. The quantitative estimate of drug-likeness (QED) is 0.132. The maximum absolute atomic E-state index is 10.4. The van der Waals surface area contributed by atoms with E-state index in [1.54, 1.807) is 0 Å². The van der Waals surface area contributed by atoms with Crippen molar-refractivity contribution in [2.45, 2.75) is 142 Å². The number of ether oxygens (including phenoxy) is 1. The number of carboxylic acids is 1. The summed E-state index contributed by atoms with van der Waals surface area (Å²) in [5.74, 6) is 0.0974. The fourth-order valence-electron chi connectivity index (χ4n) is 4.42. The van der Waals surface area contributed by atoms with Crippen LogP contribution in [0.25, 0.3) is 0 Å². The molecule has 31 heavy (non-hydrogen) atoms. The Morgan fingerprint density at radius 3 is 1.55 bits per heavy atom. The number of carbonyl (C=O) groups excluding carboxylic acids is 1. The number of hydrogen-bond donors (Lipinski definition) is 1. The minimum Gasteiger partial charge on any atom is -0.481 e. The number of carboxylic acid groups (broad SMARTS) is 1. The molecule has 0 saturated heterocycles. The van der Waals surface area contributed by atoms with Crippen LogP contribution in [0.2, 0.25) is 0 Å². The first-order chi connectivity index (χ1) is 15.1. The van der Waals surface area contributed by atoms with Crippen LogP contribution >= 0.6 is 0 Å². The average molecular weight is 439 g/mol. The van der Waals surface area contributed by atoms with Crippen LogP contribution in [0.4, 0.5) is 0 Å². The molecule has 1 aliphatic carbocycles. The Morgan fingerprint density at radius 2 is 1.19 bits per heavy atom. The Kier molecular flexibility index (Phi) is 22.4. The van der Waals surface area contributed by atoms with Crippen LogP contribution in [-0.4, -0.2) is 17.0 Å². The summed E-state index contributed by atoms with van der Waals surface area (Å²) in [6.45, 7) is 4.48. The topological polar surface area (TPSA) is 63.6 Å². The van der Waals surface area contributed by atoms with E-state index in [0.717, 1.165) is 25.0 Å². The molecular weight excluding hydrogens is 388 g/mol. The molecule has 0 radical (unpaired) electrons. The van der Waals surface area contributed by atoms with E-state index in [1.165, 1.54) is 122 Å². The summed E-state index contributed by atoms with van der Waals surface area (Å²) < 4.78 is 4.17. The predicted molar refractivity (Wildman–Crippen MR) is 130 cm³/mol. The van der Waals surface area contributed by atoms with E-state index in [2.05, 4.69) is 11.3 Å². The summed E-state index contributed by atoms with van der Waals surface area (Å²) in [6, 6.07) is 0. The highest BCUT2D eigenvalue weighted by atomic mass is 16.5. The van der Waals surface area contributed by atoms with Gasteiger partial charge >= 0.3 is 11.9 Å². The molecule has 1 aliphatic rings. The first kappa shape index (κ1) is 29.7. The van der Waals surface area contributed by atoms with Gasteiger partial charge in [-0.2, -0.15) is 0 Å². The molecule has 0 bridgehead atoms. The van der Waals surface area contributed by atoms with Crippen LogP contribution in [0.15, 0.2) is 12.8 Å². The molecule has 0 amide bonds. The Labute approximate surface area is 192 Å². The number of hydrogen-bond acceptors (Lipinski definition) is 3. The fraction of sp³-hybridized carbons (Fsp3) is 0.852. The van der Waals surface area contributed by atoms with Gasteiger partial charge in [0.15, 0.2) is 0 Å². The smallest absolute Gasteiger partial charge is 0.307 e. The third-order valence-corrected chi connectivity index (χ3v) is 6.23. The number of rotatable bonds is 18. The van der Waals surface area contributed by atoms with Gasteiger partial charge < -0.3 is 9.84 Å². The zero-order valence-corrected chi connectivity index (χ0v) is 20.4. The minimum atomic E-state index is -0.649. The van der Waals surface area contributed by atoms with Crippen LogP contribution in [0.5, 0.6) is 0 Å². The van der Waals surface area contributed by atoms with Gasteiger partial charge in [-0.25, -0.2) is 0 Å². The maximum atomic E-state index is 10.4. The molecule has 1 N–H and O–H groups in total. The lowest BCUT2D eigenvalue weighted by molar-refractivity contribution is -0.137. The first-order valence-corrected chi connectivity index (χ1v) is 13.1. The molecule has 0 aromatic rings. The average Bonchev–Trinajstić information content (AvgIpc) is 2.74. The van der Waals surface area contributed by atoms with E-state index >= 15 is 0 Å². The molecule has 1 fully saturated rings. The second kappa shape index (κ2) is 23.3. The number of unbranched alkanes of at least 4 members (excludes halogenated alkanes) is 13. The zero-order chi connectivity index (χ0) is 23.0. The van der Waals surface area contributed by atoms with Gasteiger partial charge in [0.25, 0.3) is 0 Å². The molecule has 0 atom stereocenters. The number of esters is 1. The highest BCUT2D eigenvalue weighted by molar-refractivity contribution is 5.66. The van der Waals surface area contributed by atoms with Gasteiger partial charge in [-0.15, -0.1) is 0 Å². The van der Waals surface area contributed by atoms with Crippen LogP contribution in [0.3, 0.4) is 0 Å². The van der Waals surface area contributed by atoms with Gasteiger partial charge in [0.05, 0.1) is 6.26 Å². The van der Waals surface area contributed by atoms with Crippen molar-refractivity contribution < 1.29 is 19.4 Å². The predicted octanol–water partition coefficient (Wildman–Crippen LogP) is 8.59. The van der Waals surface area contributed by atoms with E-state index in [4.69, 9.17) is 5.11 Å². The first-order valence-electron chi connectivity index (χ1n) is 13.1. The van der Waals surface area contributed by atoms with Crippen molar-refractivity contribution in [1.82, 2.24) is 0 Å². The Bertz CT molecular complexity index is 427. The summed E-state index contributed by atoms with van der Waals surface area (Å²) >= 11 is 0. The molecule has 0 aromatic heterocycles. The molecule has 0 aliphatic heterocycles. The third-order valence-electron chi connectivity index (χ3n) is 6.23. The van der Waals surface area contributed by atoms with Crippen molar-refractivity contribution in [3.05, 3.63) is 12.8 Å².